The Bertz CT molecular complexity index is 874. The van der Waals surface area contributed by atoms with Gasteiger partial charge in [0.25, 0.3) is 0 Å². The Kier molecular flexibility index (Phi) is 5.93. The summed E-state index contributed by atoms with van der Waals surface area (Å²) in [5.41, 5.74) is 0.913. The molecule has 0 aliphatic rings. The first-order valence-corrected chi connectivity index (χ1v) is 8.82. The van der Waals surface area contributed by atoms with Crippen LogP contribution >= 0.6 is 11.6 Å². The molecular weight excluding hydrogens is 350 g/mol. The van der Waals surface area contributed by atoms with Crippen LogP contribution in [0, 0.1) is 11.3 Å². The molecule has 0 unspecified atom stereocenters. The molecule has 0 saturated heterocycles. The molecule has 124 valence electrons. The number of sulfonamides is 1. The van der Waals surface area contributed by atoms with E-state index in [0.29, 0.717) is 16.3 Å². The lowest BCUT2D eigenvalue weighted by Gasteiger charge is -2.08. The minimum atomic E-state index is -3.69. The van der Waals surface area contributed by atoms with Gasteiger partial charge in [-0.2, -0.15) is 5.26 Å². The van der Waals surface area contributed by atoms with Crippen LogP contribution < -0.4 is 10.0 Å². The van der Waals surface area contributed by atoms with E-state index in [9.17, 15) is 13.2 Å². The fraction of sp³-hybridized carbons (Fsp3) is 0.125. The third-order valence-electron chi connectivity index (χ3n) is 3.04. The highest BCUT2D eigenvalue weighted by Crippen LogP contribution is 2.14. The summed E-state index contributed by atoms with van der Waals surface area (Å²) in [4.78, 5) is 11.9. The van der Waals surface area contributed by atoms with Crippen molar-refractivity contribution in [2.45, 2.75) is 11.3 Å². The zero-order valence-corrected chi connectivity index (χ0v) is 14.1. The molecule has 6 nitrogen and oxygen atoms in total. The van der Waals surface area contributed by atoms with Gasteiger partial charge in [-0.25, -0.2) is 13.1 Å². The van der Waals surface area contributed by atoms with Gasteiger partial charge in [0.1, 0.15) is 0 Å². The summed E-state index contributed by atoms with van der Waals surface area (Å²) in [7, 11) is -3.69. The number of rotatable bonds is 6. The summed E-state index contributed by atoms with van der Waals surface area (Å²) in [6.07, 6.45) is -0.0381. The lowest BCUT2D eigenvalue weighted by Crippen LogP contribution is -2.27. The van der Waals surface area contributed by atoms with E-state index in [1.807, 2.05) is 6.07 Å². The molecule has 2 rings (SSSR count). The number of hydrogen-bond donors (Lipinski definition) is 2. The molecule has 0 fully saturated rings. The van der Waals surface area contributed by atoms with Crippen molar-refractivity contribution in [1.82, 2.24) is 4.72 Å². The van der Waals surface area contributed by atoms with Crippen molar-refractivity contribution in [3.8, 4) is 6.07 Å². The first-order valence-electron chi connectivity index (χ1n) is 6.96. The number of nitrogens with zero attached hydrogens (tertiary/aromatic N) is 1. The van der Waals surface area contributed by atoms with Gasteiger partial charge in [0.05, 0.1) is 16.5 Å². The molecule has 1 amide bonds. The molecule has 0 radical (unpaired) electrons. The molecule has 2 N–H and O–H groups in total. The maximum Gasteiger partial charge on any atom is 0.240 e. The number of nitriles is 1. The third-order valence-corrected chi connectivity index (χ3v) is 4.77. The Morgan fingerprint density at radius 2 is 1.88 bits per heavy atom. The highest BCUT2D eigenvalue weighted by molar-refractivity contribution is 7.89. The van der Waals surface area contributed by atoms with Gasteiger partial charge < -0.3 is 5.32 Å². The molecule has 0 bridgehead atoms. The van der Waals surface area contributed by atoms with E-state index in [0.717, 1.165) is 0 Å². The maximum atomic E-state index is 12.0. The lowest BCUT2D eigenvalue weighted by molar-refractivity contribution is -0.116. The van der Waals surface area contributed by atoms with Crippen LogP contribution in [0.3, 0.4) is 0 Å². The van der Waals surface area contributed by atoms with E-state index in [1.54, 1.807) is 18.2 Å². The van der Waals surface area contributed by atoms with Gasteiger partial charge >= 0.3 is 0 Å². The maximum absolute atomic E-state index is 12.0. The highest BCUT2D eigenvalue weighted by Gasteiger charge is 2.14. The van der Waals surface area contributed by atoms with Crippen LogP contribution in [-0.2, 0) is 14.8 Å². The number of carbonyl (C=O) groups excluding carboxylic acids is 1. The smallest absolute Gasteiger partial charge is 0.240 e. The number of halogens is 1. The highest BCUT2D eigenvalue weighted by atomic mass is 35.5. The van der Waals surface area contributed by atoms with E-state index in [1.165, 1.54) is 30.3 Å². The van der Waals surface area contributed by atoms with Crippen molar-refractivity contribution in [2.75, 3.05) is 11.9 Å². The van der Waals surface area contributed by atoms with E-state index in [-0.39, 0.29) is 23.8 Å². The van der Waals surface area contributed by atoms with Crippen molar-refractivity contribution in [1.29, 1.82) is 5.26 Å². The van der Waals surface area contributed by atoms with Crippen molar-refractivity contribution in [3.63, 3.8) is 0 Å². The summed E-state index contributed by atoms with van der Waals surface area (Å²) in [5.74, 6) is -0.358. The lowest BCUT2D eigenvalue weighted by atomic mass is 10.2. The van der Waals surface area contributed by atoms with Crippen molar-refractivity contribution in [3.05, 3.63) is 59.1 Å². The van der Waals surface area contributed by atoms with Crippen molar-refractivity contribution < 1.29 is 13.2 Å². The van der Waals surface area contributed by atoms with Crippen LogP contribution in [0.4, 0.5) is 5.69 Å². The normalized spacial score (nSPS) is 10.8. The number of amides is 1. The Morgan fingerprint density at radius 1 is 1.17 bits per heavy atom. The number of anilines is 1. The second-order valence-electron chi connectivity index (χ2n) is 4.84. The zero-order chi connectivity index (χ0) is 17.6. The van der Waals surface area contributed by atoms with Crippen LogP contribution in [0.5, 0.6) is 0 Å². The number of carbonyl (C=O) groups is 1. The first-order chi connectivity index (χ1) is 11.4. The second kappa shape index (κ2) is 7.93. The number of nitrogens with one attached hydrogen (secondary N) is 2. The molecule has 0 heterocycles. The summed E-state index contributed by atoms with van der Waals surface area (Å²) in [6.45, 7) is -0.0469. The monoisotopic (exact) mass is 363 g/mol. The minimum absolute atomic E-state index is 0.0381. The van der Waals surface area contributed by atoms with Crippen LogP contribution in [-0.4, -0.2) is 20.9 Å². The van der Waals surface area contributed by atoms with E-state index in [2.05, 4.69) is 10.0 Å². The Morgan fingerprint density at radius 3 is 2.54 bits per heavy atom. The average Bonchev–Trinajstić information content (AvgIpc) is 2.55. The fourth-order valence-electron chi connectivity index (χ4n) is 1.89. The predicted octanol–water partition coefficient (Wildman–Crippen LogP) is 2.52. The van der Waals surface area contributed by atoms with Crippen LogP contribution in [0.1, 0.15) is 12.0 Å². The molecule has 24 heavy (non-hydrogen) atoms. The molecule has 0 aliphatic heterocycles. The molecule has 0 aromatic heterocycles. The van der Waals surface area contributed by atoms with Gasteiger partial charge in [-0.3, -0.25) is 4.79 Å². The van der Waals surface area contributed by atoms with E-state index in [4.69, 9.17) is 16.9 Å². The van der Waals surface area contributed by atoms with Gasteiger partial charge in [0.2, 0.25) is 15.9 Å². The molecule has 0 atom stereocenters. The summed E-state index contributed by atoms with van der Waals surface area (Å²) >= 11 is 5.72. The second-order valence-corrected chi connectivity index (χ2v) is 7.05. The fourth-order valence-corrected chi connectivity index (χ4v) is 3.04. The van der Waals surface area contributed by atoms with Gasteiger partial charge in [0, 0.05) is 23.7 Å². The van der Waals surface area contributed by atoms with Gasteiger partial charge in [-0.1, -0.05) is 17.7 Å². The zero-order valence-electron chi connectivity index (χ0n) is 12.5. The van der Waals surface area contributed by atoms with Gasteiger partial charge in [-0.05, 0) is 42.5 Å². The predicted molar refractivity (Wildman–Crippen MR) is 91.0 cm³/mol. The SMILES string of the molecule is N#Cc1cccc(NC(=O)CCNS(=O)(=O)c2ccc(Cl)cc2)c1. The third kappa shape index (κ3) is 5.06. The standard InChI is InChI=1S/C16H14ClN3O3S/c17-13-4-6-15(7-5-13)24(22,23)19-9-8-16(21)20-14-3-1-2-12(10-14)11-18/h1-7,10,19H,8-9H2,(H,20,21). The summed E-state index contributed by atoms with van der Waals surface area (Å²) < 4.78 is 26.4. The van der Waals surface area contributed by atoms with E-state index >= 15 is 0 Å². The topological polar surface area (TPSA) is 99.1 Å². The molecule has 2 aromatic carbocycles. The Balaban J connectivity index is 1.88. The molecule has 0 aliphatic carbocycles. The summed E-state index contributed by atoms with van der Waals surface area (Å²) in [6, 6.07) is 14.2. The van der Waals surface area contributed by atoms with Crippen molar-refractivity contribution >= 4 is 33.2 Å². The average molecular weight is 364 g/mol. The van der Waals surface area contributed by atoms with Gasteiger partial charge in [-0.15, -0.1) is 0 Å². The van der Waals surface area contributed by atoms with Crippen LogP contribution in [0.25, 0.3) is 0 Å². The number of benzene rings is 2. The van der Waals surface area contributed by atoms with E-state index < -0.39 is 10.0 Å². The Labute approximate surface area is 145 Å². The molecule has 2 aromatic rings. The van der Waals surface area contributed by atoms with Crippen LogP contribution in [0.2, 0.25) is 5.02 Å². The molecule has 8 heteroatoms. The Hall–Kier alpha value is -2.40. The summed E-state index contributed by atoms with van der Waals surface area (Å²) in [5, 5.41) is 11.9. The first kappa shape index (κ1) is 17.9. The van der Waals surface area contributed by atoms with Gasteiger partial charge in [0.15, 0.2) is 0 Å². The largest absolute Gasteiger partial charge is 0.326 e. The van der Waals surface area contributed by atoms with Crippen LogP contribution in [0.15, 0.2) is 53.4 Å². The minimum Gasteiger partial charge on any atom is -0.326 e. The molecule has 0 saturated carbocycles. The number of hydrogen-bond acceptors (Lipinski definition) is 4. The molecule has 0 spiro atoms. The van der Waals surface area contributed by atoms with Crippen molar-refractivity contribution in [2.24, 2.45) is 0 Å². The quantitative estimate of drug-likeness (QED) is 0.823. The molecular formula is C16H14ClN3O3S.